The van der Waals surface area contributed by atoms with Crippen LogP contribution in [0.5, 0.6) is 0 Å². The third kappa shape index (κ3) is 3.71. The Hall–Kier alpha value is -0.650. The van der Waals surface area contributed by atoms with Crippen molar-refractivity contribution in [2.75, 3.05) is 32.8 Å². The molecule has 4 N–H and O–H groups in total. The predicted octanol–water partition coefficient (Wildman–Crippen LogP) is -0.994. The summed E-state index contributed by atoms with van der Waals surface area (Å²) < 4.78 is 5.29. The summed E-state index contributed by atoms with van der Waals surface area (Å²) in [5.74, 6) is 0.215. The van der Waals surface area contributed by atoms with E-state index in [1.54, 1.807) is 0 Å². The summed E-state index contributed by atoms with van der Waals surface area (Å²) in [7, 11) is 0. The van der Waals surface area contributed by atoms with Gasteiger partial charge < -0.3 is 15.6 Å². The number of aliphatic hydroxyl groups excluding tert-OH is 1. The second-order valence-electron chi connectivity index (χ2n) is 3.25. The molecule has 0 aromatic heterocycles. The fourth-order valence-corrected chi connectivity index (χ4v) is 1.37. The molecule has 0 aromatic rings. The van der Waals surface area contributed by atoms with E-state index in [1.807, 2.05) is 0 Å². The molecular weight excluding hydrogens is 170 g/mol. The van der Waals surface area contributed by atoms with Crippen molar-refractivity contribution >= 4 is 5.84 Å². The minimum absolute atomic E-state index is 0.0660. The molecule has 0 bridgehead atoms. The zero-order valence-corrected chi connectivity index (χ0v) is 7.70. The van der Waals surface area contributed by atoms with Gasteiger partial charge in [0.05, 0.1) is 25.2 Å². The van der Waals surface area contributed by atoms with E-state index < -0.39 is 0 Å². The number of hydrogen-bond acceptors (Lipinski definition) is 4. The van der Waals surface area contributed by atoms with E-state index in [4.69, 9.17) is 21.0 Å². The topological polar surface area (TPSA) is 82.6 Å². The van der Waals surface area contributed by atoms with Crippen LogP contribution in [-0.4, -0.2) is 54.8 Å². The highest BCUT2D eigenvalue weighted by Gasteiger charge is 2.18. The molecule has 5 heteroatoms. The van der Waals surface area contributed by atoms with Gasteiger partial charge in [0.1, 0.15) is 0 Å². The average molecular weight is 187 g/mol. The Morgan fingerprint density at radius 1 is 1.69 bits per heavy atom. The number of morpholine rings is 1. The van der Waals surface area contributed by atoms with Crippen molar-refractivity contribution in [1.29, 1.82) is 5.41 Å². The standard InChI is InChI=1S/C8H17N3O2/c9-8(10)1-2-11-3-4-13-7(5-11)6-12/h7,12H,1-6H2,(H3,9,10). The molecule has 1 unspecified atom stereocenters. The molecule has 1 saturated heterocycles. The lowest BCUT2D eigenvalue weighted by atomic mass is 10.2. The zero-order valence-electron chi connectivity index (χ0n) is 7.70. The van der Waals surface area contributed by atoms with E-state index >= 15 is 0 Å². The second-order valence-corrected chi connectivity index (χ2v) is 3.25. The van der Waals surface area contributed by atoms with Crippen LogP contribution in [0.1, 0.15) is 6.42 Å². The molecule has 1 atom stereocenters. The van der Waals surface area contributed by atoms with Gasteiger partial charge in [0, 0.05) is 26.1 Å². The van der Waals surface area contributed by atoms with Crippen molar-refractivity contribution in [2.45, 2.75) is 12.5 Å². The molecule has 5 nitrogen and oxygen atoms in total. The summed E-state index contributed by atoms with van der Waals surface area (Å²) in [5.41, 5.74) is 5.25. The van der Waals surface area contributed by atoms with Crippen LogP contribution < -0.4 is 5.73 Å². The fraction of sp³-hybridized carbons (Fsp3) is 0.875. The van der Waals surface area contributed by atoms with Crippen LogP contribution in [0, 0.1) is 5.41 Å². The number of nitrogens with one attached hydrogen (secondary N) is 1. The van der Waals surface area contributed by atoms with Crippen molar-refractivity contribution in [3.05, 3.63) is 0 Å². The van der Waals surface area contributed by atoms with Crippen molar-refractivity contribution in [2.24, 2.45) is 5.73 Å². The molecule has 1 heterocycles. The molecule has 13 heavy (non-hydrogen) atoms. The molecule has 0 amide bonds. The molecule has 76 valence electrons. The number of rotatable bonds is 4. The SMILES string of the molecule is N=C(N)CCN1CCOC(CO)C1. The minimum atomic E-state index is -0.0688. The van der Waals surface area contributed by atoms with Gasteiger partial charge in [-0.3, -0.25) is 10.3 Å². The Morgan fingerprint density at radius 3 is 3.08 bits per heavy atom. The summed E-state index contributed by atoms with van der Waals surface area (Å²) in [6, 6.07) is 0. The number of aliphatic hydroxyl groups is 1. The van der Waals surface area contributed by atoms with Gasteiger partial charge in [-0.05, 0) is 0 Å². The molecule has 0 saturated carbocycles. The first-order chi connectivity index (χ1) is 6.22. The van der Waals surface area contributed by atoms with E-state index in [0.717, 1.165) is 19.6 Å². The van der Waals surface area contributed by atoms with E-state index in [1.165, 1.54) is 0 Å². The van der Waals surface area contributed by atoms with Crippen molar-refractivity contribution < 1.29 is 9.84 Å². The van der Waals surface area contributed by atoms with Gasteiger partial charge in [-0.1, -0.05) is 0 Å². The van der Waals surface area contributed by atoms with E-state index in [2.05, 4.69) is 4.90 Å². The van der Waals surface area contributed by atoms with Crippen molar-refractivity contribution in [3.8, 4) is 0 Å². The Kier molecular flexibility index (Phi) is 4.14. The third-order valence-electron chi connectivity index (χ3n) is 2.12. The molecule has 1 fully saturated rings. The fourth-order valence-electron chi connectivity index (χ4n) is 1.37. The van der Waals surface area contributed by atoms with Gasteiger partial charge in [0.2, 0.25) is 0 Å². The number of nitrogens with zero attached hydrogens (tertiary/aromatic N) is 1. The Bertz CT molecular complexity index is 175. The van der Waals surface area contributed by atoms with E-state index in [9.17, 15) is 0 Å². The highest BCUT2D eigenvalue weighted by molar-refractivity contribution is 5.76. The Morgan fingerprint density at radius 2 is 2.46 bits per heavy atom. The summed E-state index contributed by atoms with van der Waals surface area (Å²) in [6.07, 6.45) is 0.527. The molecule has 1 rings (SSSR count). The number of hydrogen-bond donors (Lipinski definition) is 3. The normalized spacial score (nSPS) is 24.5. The van der Waals surface area contributed by atoms with Gasteiger partial charge in [-0.15, -0.1) is 0 Å². The van der Waals surface area contributed by atoms with Gasteiger partial charge in [0.25, 0.3) is 0 Å². The largest absolute Gasteiger partial charge is 0.394 e. The molecular formula is C8H17N3O2. The maximum Gasteiger partial charge on any atom is 0.0932 e. The van der Waals surface area contributed by atoms with Crippen LogP contribution in [0.2, 0.25) is 0 Å². The smallest absolute Gasteiger partial charge is 0.0932 e. The molecule has 1 aliphatic rings. The lowest BCUT2D eigenvalue weighted by Gasteiger charge is -2.31. The summed E-state index contributed by atoms with van der Waals surface area (Å²) in [6.45, 7) is 3.11. The van der Waals surface area contributed by atoms with Gasteiger partial charge in [-0.2, -0.15) is 0 Å². The van der Waals surface area contributed by atoms with E-state index in [-0.39, 0.29) is 18.5 Å². The lowest BCUT2D eigenvalue weighted by Crippen LogP contribution is -2.44. The maximum absolute atomic E-state index is 8.87. The van der Waals surface area contributed by atoms with Crippen molar-refractivity contribution in [1.82, 2.24) is 4.90 Å². The first kappa shape index (κ1) is 10.4. The monoisotopic (exact) mass is 187 g/mol. The minimum Gasteiger partial charge on any atom is -0.394 e. The zero-order chi connectivity index (χ0) is 9.68. The highest BCUT2D eigenvalue weighted by Crippen LogP contribution is 2.04. The van der Waals surface area contributed by atoms with Crippen LogP contribution in [0.15, 0.2) is 0 Å². The summed E-state index contributed by atoms with van der Waals surface area (Å²) in [5, 5.41) is 15.9. The third-order valence-corrected chi connectivity index (χ3v) is 2.12. The molecule has 0 aliphatic carbocycles. The lowest BCUT2D eigenvalue weighted by molar-refractivity contribution is -0.0519. The molecule has 0 aromatic carbocycles. The molecule has 0 radical (unpaired) electrons. The predicted molar refractivity (Wildman–Crippen MR) is 49.8 cm³/mol. The van der Waals surface area contributed by atoms with Crippen LogP contribution in [0.25, 0.3) is 0 Å². The average Bonchev–Trinajstić information content (AvgIpc) is 2.15. The summed E-state index contributed by atoms with van der Waals surface area (Å²) in [4.78, 5) is 2.16. The maximum atomic E-state index is 8.87. The molecule has 0 spiro atoms. The van der Waals surface area contributed by atoms with Gasteiger partial charge in [-0.25, -0.2) is 0 Å². The van der Waals surface area contributed by atoms with Crippen LogP contribution in [-0.2, 0) is 4.74 Å². The number of amidine groups is 1. The number of ether oxygens (including phenoxy) is 1. The molecule has 1 aliphatic heterocycles. The first-order valence-corrected chi connectivity index (χ1v) is 4.50. The second kappa shape index (κ2) is 5.16. The Balaban J connectivity index is 2.21. The van der Waals surface area contributed by atoms with Crippen molar-refractivity contribution in [3.63, 3.8) is 0 Å². The quantitative estimate of drug-likeness (QED) is 0.389. The van der Waals surface area contributed by atoms with Crippen LogP contribution in [0.4, 0.5) is 0 Å². The first-order valence-electron chi connectivity index (χ1n) is 4.50. The Labute approximate surface area is 78.0 Å². The van der Waals surface area contributed by atoms with E-state index in [0.29, 0.717) is 13.0 Å². The van der Waals surface area contributed by atoms with Gasteiger partial charge >= 0.3 is 0 Å². The van der Waals surface area contributed by atoms with Crippen LogP contribution >= 0.6 is 0 Å². The van der Waals surface area contributed by atoms with Gasteiger partial charge in [0.15, 0.2) is 0 Å². The summed E-state index contributed by atoms with van der Waals surface area (Å²) >= 11 is 0. The van der Waals surface area contributed by atoms with Crippen LogP contribution in [0.3, 0.4) is 0 Å². The highest BCUT2D eigenvalue weighted by atomic mass is 16.5. The number of nitrogens with two attached hydrogens (primary N) is 1.